The van der Waals surface area contributed by atoms with Gasteiger partial charge in [-0.1, -0.05) is 19.1 Å². The number of aryl methyl sites for hydroxylation is 1. The lowest BCUT2D eigenvalue weighted by Gasteiger charge is -2.16. The topological polar surface area (TPSA) is 73.2 Å². The number of carbonyl (C=O) groups excluding carboxylic acids is 2. The van der Waals surface area contributed by atoms with Crippen molar-refractivity contribution in [1.82, 2.24) is 4.90 Å². The van der Waals surface area contributed by atoms with E-state index >= 15 is 0 Å². The second-order valence-corrected chi connectivity index (χ2v) is 7.13. The normalized spacial score (nSPS) is 13.8. The van der Waals surface area contributed by atoms with Crippen LogP contribution in [0.25, 0.3) is 0 Å². The summed E-state index contributed by atoms with van der Waals surface area (Å²) in [6.45, 7) is 3.32. The average Bonchev–Trinajstić information content (AvgIpc) is 3.21. The Morgan fingerprint density at radius 3 is 2.92 bits per heavy atom. The average molecular weight is 353 g/mol. The Labute approximate surface area is 150 Å². The molecule has 0 aliphatic carbocycles. The van der Waals surface area contributed by atoms with Gasteiger partial charge in [0.1, 0.15) is 11.1 Å². The van der Waals surface area contributed by atoms with Gasteiger partial charge in [-0.15, -0.1) is 11.3 Å². The van der Waals surface area contributed by atoms with Crippen LogP contribution in [0.5, 0.6) is 0 Å². The Kier molecular flexibility index (Phi) is 5.15. The van der Waals surface area contributed by atoms with E-state index in [1.165, 1.54) is 11.3 Å². The van der Waals surface area contributed by atoms with E-state index < -0.39 is 0 Å². The highest BCUT2D eigenvalue weighted by molar-refractivity contribution is 7.16. The van der Waals surface area contributed by atoms with Crippen molar-refractivity contribution in [3.05, 3.63) is 51.9 Å². The molecule has 2 heterocycles. The van der Waals surface area contributed by atoms with Crippen LogP contribution in [-0.2, 0) is 17.8 Å². The highest BCUT2D eigenvalue weighted by Crippen LogP contribution is 2.28. The fourth-order valence-corrected chi connectivity index (χ4v) is 3.81. The molecule has 0 radical (unpaired) electrons. The summed E-state index contributed by atoms with van der Waals surface area (Å²) in [5.41, 5.74) is 1.96. The van der Waals surface area contributed by atoms with Gasteiger partial charge in [0, 0.05) is 30.0 Å². The van der Waals surface area contributed by atoms with Gasteiger partial charge >= 0.3 is 0 Å². The minimum absolute atomic E-state index is 0.166. The van der Waals surface area contributed by atoms with Crippen molar-refractivity contribution in [2.24, 2.45) is 0 Å². The fraction of sp³-hybridized carbons (Fsp3) is 0.316. The maximum Gasteiger partial charge on any atom is 0.256 e. The van der Waals surface area contributed by atoms with Gasteiger partial charge < -0.3 is 10.2 Å². The lowest BCUT2D eigenvalue weighted by molar-refractivity contribution is -0.128. The highest BCUT2D eigenvalue weighted by atomic mass is 32.1. The zero-order valence-electron chi connectivity index (χ0n) is 14.0. The molecule has 0 spiro atoms. The van der Waals surface area contributed by atoms with Crippen LogP contribution in [-0.4, -0.2) is 23.3 Å². The molecule has 2 aromatic rings. The summed E-state index contributed by atoms with van der Waals surface area (Å²) in [5.74, 6) is -0.0743. The van der Waals surface area contributed by atoms with Crippen LogP contribution in [0.2, 0.25) is 0 Å². The van der Waals surface area contributed by atoms with E-state index in [4.69, 9.17) is 0 Å². The number of nitrogens with one attached hydrogen (secondary N) is 1. The fourth-order valence-electron chi connectivity index (χ4n) is 2.87. The summed E-state index contributed by atoms with van der Waals surface area (Å²) in [6, 6.07) is 11.2. The molecule has 1 aromatic heterocycles. The standard InChI is InChI=1S/C19H19N3O2S/c1-2-16-10-15(11-20)19(25-16)21-18(24)14-6-3-5-13(9-14)12-22-8-4-7-17(22)23/h3,5-6,9-10H,2,4,7-8,12H2,1H3,(H,21,24). The molecule has 0 saturated carbocycles. The maximum atomic E-state index is 12.5. The maximum absolute atomic E-state index is 12.5. The molecule has 1 N–H and O–H groups in total. The van der Waals surface area contributed by atoms with E-state index in [1.807, 2.05) is 30.0 Å². The van der Waals surface area contributed by atoms with Gasteiger partial charge in [0.15, 0.2) is 0 Å². The minimum Gasteiger partial charge on any atom is -0.338 e. The summed E-state index contributed by atoms with van der Waals surface area (Å²) in [4.78, 5) is 27.2. The molecule has 0 unspecified atom stereocenters. The quantitative estimate of drug-likeness (QED) is 0.893. The van der Waals surface area contributed by atoms with Crippen molar-refractivity contribution < 1.29 is 9.59 Å². The van der Waals surface area contributed by atoms with Crippen LogP contribution in [0.1, 0.15) is 46.1 Å². The number of hydrogen-bond acceptors (Lipinski definition) is 4. The molecule has 3 rings (SSSR count). The van der Waals surface area contributed by atoms with Gasteiger partial charge in [-0.2, -0.15) is 5.26 Å². The first-order chi connectivity index (χ1) is 12.1. The number of nitriles is 1. The molecule has 1 aromatic carbocycles. The van der Waals surface area contributed by atoms with E-state index in [9.17, 15) is 14.9 Å². The van der Waals surface area contributed by atoms with Crippen LogP contribution in [0.15, 0.2) is 30.3 Å². The molecule has 0 bridgehead atoms. The number of likely N-dealkylation sites (tertiary alicyclic amines) is 1. The van der Waals surface area contributed by atoms with Crippen LogP contribution in [0.3, 0.4) is 0 Å². The second kappa shape index (κ2) is 7.49. The largest absolute Gasteiger partial charge is 0.338 e. The number of nitrogens with zero attached hydrogens (tertiary/aromatic N) is 2. The first-order valence-corrected chi connectivity index (χ1v) is 9.13. The number of rotatable bonds is 5. The Morgan fingerprint density at radius 2 is 2.24 bits per heavy atom. The van der Waals surface area contributed by atoms with Crippen molar-refractivity contribution in [2.75, 3.05) is 11.9 Å². The Hall–Kier alpha value is -2.65. The third-order valence-electron chi connectivity index (χ3n) is 4.21. The van der Waals surface area contributed by atoms with E-state index in [0.29, 0.717) is 29.1 Å². The minimum atomic E-state index is -0.240. The third-order valence-corrected chi connectivity index (χ3v) is 5.41. The van der Waals surface area contributed by atoms with E-state index in [0.717, 1.165) is 29.8 Å². The number of carbonyl (C=O) groups is 2. The first kappa shape index (κ1) is 17.2. The lowest BCUT2D eigenvalue weighted by Crippen LogP contribution is -2.24. The molecule has 1 fully saturated rings. The molecular formula is C19H19N3O2S. The Balaban J connectivity index is 1.74. The van der Waals surface area contributed by atoms with Crippen LogP contribution >= 0.6 is 11.3 Å². The van der Waals surface area contributed by atoms with Crippen molar-refractivity contribution in [2.45, 2.75) is 32.7 Å². The molecule has 128 valence electrons. The number of anilines is 1. The molecule has 6 heteroatoms. The molecule has 1 saturated heterocycles. The molecule has 25 heavy (non-hydrogen) atoms. The predicted molar refractivity (Wildman–Crippen MR) is 97.5 cm³/mol. The number of benzene rings is 1. The van der Waals surface area contributed by atoms with Gasteiger partial charge in [0.25, 0.3) is 5.91 Å². The van der Waals surface area contributed by atoms with E-state index in [2.05, 4.69) is 11.4 Å². The van der Waals surface area contributed by atoms with Gasteiger partial charge in [0.2, 0.25) is 5.91 Å². The van der Waals surface area contributed by atoms with Gasteiger partial charge in [-0.3, -0.25) is 9.59 Å². The summed E-state index contributed by atoms with van der Waals surface area (Å²) in [7, 11) is 0. The summed E-state index contributed by atoms with van der Waals surface area (Å²) < 4.78 is 0. The zero-order chi connectivity index (χ0) is 17.8. The number of thiophene rings is 1. The molecule has 0 atom stereocenters. The second-order valence-electron chi connectivity index (χ2n) is 5.99. The zero-order valence-corrected chi connectivity index (χ0v) is 14.9. The smallest absolute Gasteiger partial charge is 0.256 e. The van der Waals surface area contributed by atoms with Crippen LogP contribution in [0.4, 0.5) is 5.00 Å². The lowest BCUT2D eigenvalue weighted by atomic mass is 10.1. The summed E-state index contributed by atoms with van der Waals surface area (Å²) in [6.07, 6.45) is 2.33. The number of hydrogen-bond donors (Lipinski definition) is 1. The molecule has 1 aliphatic rings. The molecule has 2 amide bonds. The number of amides is 2. The van der Waals surface area contributed by atoms with Crippen molar-refractivity contribution >= 4 is 28.2 Å². The highest BCUT2D eigenvalue weighted by Gasteiger charge is 2.20. The van der Waals surface area contributed by atoms with Gasteiger partial charge in [0.05, 0.1) is 5.56 Å². The molecular weight excluding hydrogens is 334 g/mol. The van der Waals surface area contributed by atoms with Crippen molar-refractivity contribution in [3.63, 3.8) is 0 Å². The Bertz CT molecular complexity index is 851. The molecule has 1 aliphatic heterocycles. The SMILES string of the molecule is CCc1cc(C#N)c(NC(=O)c2cccc(CN3CCCC3=O)c2)s1. The predicted octanol–water partition coefficient (Wildman–Crippen LogP) is 3.56. The van der Waals surface area contributed by atoms with Crippen molar-refractivity contribution in [1.29, 1.82) is 5.26 Å². The van der Waals surface area contributed by atoms with E-state index in [1.54, 1.807) is 12.1 Å². The third kappa shape index (κ3) is 3.89. The van der Waals surface area contributed by atoms with Crippen LogP contribution in [0, 0.1) is 11.3 Å². The summed E-state index contributed by atoms with van der Waals surface area (Å²) in [5, 5.41) is 12.6. The van der Waals surface area contributed by atoms with E-state index in [-0.39, 0.29) is 11.8 Å². The molecule has 5 nitrogen and oxygen atoms in total. The Morgan fingerprint density at radius 1 is 1.40 bits per heavy atom. The monoisotopic (exact) mass is 353 g/mol. The van der Waals surface area contributed by atoms with Gasteiger partial charge in [-0.25, -0.2) is 0 Å². The van der Waals surface area contributed by atoms with Gasteiger partial charge in [-0.05, 0) is 36.6 Å². The first-order valence-electron chi connectivity index (χ1n) is 8.31. The van der Waals surface area contributed by atoms with Crippen LogP contribution < -0.4 is 5.32 Å². The summed E-state index contributed by atoms with van der Waals surface area (Å²) >= 11 is 1.43. The van der Waals surface area contributed by atoms with Crippen molar-refractivity contribution in [3.8, 4) is 6.07 Å².